The van der Waals surface area contributed by atoms with Crippen LogP contribution < -0.4 is 10.6 Å². The summed E-state index contributed by atoms with van der Waals surface area (Å²) >= 11 is 0. The third kappa shape index (κ3) is 5.68. The molecule has 0 aliphatic heterocycles. The molecule has 3 N–H and O–H groups in total. The Morgan fingerprint density at radius 3 is 2.43 bits per heavy atom. The number of carboxylic acid groups (broad SMARTS) is 1. The second-order valence-corrected chi connectivity index (χ2v) is 6.13. The second-order valence-electron chi connectivity index (χ2n) is 6.13. The Kier molecular flexibility index (Phi) is 6.78. The molecule has 0 saturated heterocycles. The number of nitrogens with one attached hydrogen (secondary N) is 2. The summed E-state index contributed by atoms with van der Waals surface area (Å²) in [6.45, 7) is 0.0919. The van der Waals surface area contributed by atoms with Gasteiger partial charge in [-0.3, -0.25) is 5.32 Å². The maximum absolute atomic E-state index is 12.0. The van der Waals surface area contributed by atoms with Crippen molar-refractivity contribution in [2.45, 2.75) is 6.61 Å². The van der Waals surface area contributed by atoms with E-state index in [1.54, 1.807) is 24.3 Å². The van der Waals surface area contributed by atoms with Crippen molar-refractivity contribution < 1.29 is 29.0 Å². The van der Waals surface area contributed by atoms with Crippen LogP contribution in [-0.4, -0.2) is 41.4 Å². The fraction of sp³-hybridized carbons (Fsp3) is 0.143. The van der Waals surface area contributed by atoms with Crippen molar-refractivity contribution in [2.75, 3.05) is 18.5 Å². The van der Waals surface area contributed by atoms with Crippen LogP contribution in [0.1, 0.15) is 16.1 Å². The lowest BCUT2D eigenvalue weighted by Gasteiger charge is -2.11. The molecule has 1 heterocycles. The topological polar surface area (TPSA) is 127 Å². The molecule has 1 aromatic heterocycles. The number of ether oxygens (including phenoxy) is 2. The predicted octanol–water partition coefficient (Wildman–Crippen LogP) is 3.41. The minimum Gasteiger partial charge on any atom is -0.477 e. The number of pyridine rings is 1. The number of alkyl carbamates (subject to hydrolysis) is 1. The molecule has 0 saturated carbocycles. The van der Waals surface area contributed by atoms with Crippen LogP contribution in [-0.2, 0) is 16.1 Å². The van der Waals surface area contributed by atoms with Gasteiger partial charge in [0, 0.05) is 5.39 Å². The molecule has 0 radical (unpaired) electrons. The van der Waals surface area contributed by atoms with E-state index in [-0.39, 0.29) is 31.1 Å². The number of hydrogen-bond donors (Lipinski definition) is 3. The highest BCUT2D eigenvalue weighted by atomic mass is 16.6. The first kappa shape index (κ1) is 20.6. The number of anilines is 1. The Hall–Kier alpha value is -4.14. The first-order valence-electron chi connectivity index (χ1n) is 9.04. The highest BCUT2D eigenvalue weighted by molar-refractivity contribution is 6.01. The zero-order valence-corrected chi connectivity index (χ0v) is 15.8. The molecule has 9 heteroatoms. The van der Waals surface area contributed by atoms with E-state index in [4.69, 9.17) is 9.47 Å². The molecule has 0 atom stereocenters. The van der Waals surface area contributed by atoms with Crippen molar-refractivity contribution >= 4 is 34.7 Å². The minimum atomic E-state index is -1.21. The zero-order valence-electron chi connectivity index (χ0n) is 15.8. The van der Waals surface area contributed by atoms with Crippen molar-refractivity contribution in [1.82, 2.24) is 10.3 Å². The Bertz CT molecular complexity index is 1060. The van der Waals surface area contributed by atoms with Crippen LogP contribution in [0.15, 0.2) is 60.7 Å². The van der Waals surface area contributed by atoms with Crippen molar-refractivity contribution in [3.05, 3.63) is 71.9 Å². The van der Waals surface area contributed by atoms with Crippen LogP contribution in [0.4, 0.5) is 15.3 Å². The van der Waals surface area contributed by atoms with Crippen molar-refractivity contribution in [3.63, 3.8) is 0 Å². The molecule has 2 aromatic carbocycles. The standard InChI is InChI=1S/C21H19N3O6/c25-19(26)18-12-17(15-8-4-5-9-16(15)23-18)24-21(28)29-11-10-22-20(27)30-13-14-6-2-1-3-7-14/h1-9,12H,10-11,13H2,(H,22,27)(H,25,26)(H,23,24,28). The van der Waals surface area contributed by atoms with Crippen LogP contribution in [0.25, 0.3) is 10.9 Å². The molecular weight excluding hydrogens is 390 g/mol. The zero-order chi connectivity index (χ0) is 21.3. The Balaban J connectivity index is 1.47. The van der Waals surface area contributed by atoms with Crippen molar-refractivity contribution in [1.29, 1.82) is 0 Å². The van der Waals surface area contributed by atoms with Gasteiger partial charge in [-0.2, -0.15) is 0 Å². The third-order valence-corrected chi connectivity index (χ3v) is 3.99. The van der Waals surface area contributed by atoms with Gasteiger partial charge in [0.2, 0.25) is 0 Å². The van der Waals surface area contributed by atoms with Gasteiger partial charge < -0.3 is 19.9 Å². The van der Waals surface area contributed by atoms with Crippen LogP contribution >= 0.6 is 0 Å². The lowest BCUT2D eigenvalue weighted by molar-refractivity contribution is 0.0690. The molecule has 2 amide bonds. The molecule has 0 unspecified atom stereocenters. The molecule has 0 bridgehead atoms. The molecule has 0 spiro atoms. The smallest absolute Gasteiger partial charge is 0.411 e. The number of carboxylic acids is 1. The lowest BCUT2D eigenvalue weighted by atomic mass is 10.1. The normalized spacial score (nSPS) is 10.3. The summed E-state index contributed by atoms with van der Waals surface area (Å²) in [5.74, 6) is -1.21. The SMILES string of the molecule is O=C(NCCOC(=O)Nc1cc(C(=O)O)nc2ccccc12)OCc1ccccc1. The Morgan fingerprint density at radius 1 is 0.933 bits per heavy atom. The molecule has 0 aliphatic carbocycles. The number of aromatic carboxylic acids is 1. The molecule has 30 heavy (non-hydrogen) atoms. The number of para-hydroxylation sites is 1. The lowest BCUT2D eigenvalue weighted by Crippen LogP contribution is -2.29. The van der Waals surface area contributed by atoms with Gasteiger partial charge in [-0.05, 0) is 17.7 Å². The molecule has 3 rings (SSSR count). The van der Waals surface area contributed by atoms with Gasteiger partial charge in [0.25, 0.3) is 0 Å². The summed E-state index contributed by atoms with van der Waals surface area (Å²) in [6, 6.07) is 17.3. The van der Waals surface area contributed by atoms with Crippen LogP contribution in [0.5, 0.6) is 0 Å². The van der Waals surface area contributed by atoms with Gasteiger partial charge in [0.15, 0.2) is 5.69 Å². The number of benzene rings is 2. The number of hydrogen-bond acceptors (Lipinski definition) is 6. The third-order valence-electron chi connectivity index (χ3n) is 3.99. The highest BCUT2D eigenvalue weighted by Gasteiger charge is 2.13. The predicted molar refractivity (Wildman–Crippen MR) is 108 cm³/mol. The van der Waals surface area contributed by atoms with E-state index >= 15 is 0 Å². The monoisotopic (exact) mass is 409 g/mol. The first-order chi connectivity index (χ1) is 14.5. The Morgan fingerprint density at radius 2 is 1.67 bits per heavy atom. The van der Waals surface area contributed by atoms with E-state index in [1.807, 2.05) is 30.3 Å². The summed E-state index contributed by atoms with van der Waals surface area (Å²) in [6.07, 6.45) is -1.42. The number of rotatable bonds is 7. The number of fused-ring (bicyclic) bond motifs is 1. The molecular formula is C21H19N3O6. The number of carbonyl (C=O) groups is 3. The van der Waals surface area contributed by atoms with Crippen LogP contribution in [0.3, 0.4) is 0 Å². The van der Waals surface area contributed by atoms with Crippen LogP contribution in [0.2, 0.25) is 0 Å². The van der Waals surface area contributed by atoms with E-state index < -0.39 is 18.2 Å². The maximum Gasteiger partial charge on any atom is 0.411 e. The van der Waals surface area contributed by atoms with Gasteiger partial charge in [-0.1, -0.05) is 48.5 Å². The average molecular weight is 409 g/mol. The van der Waals surface area contributed by atoms with E-state index in [1.165, 1.54) is 6.07 Å². The summed E-state index contributed by atoms with van der Waals surface area (Å²) in [5, 5.41) is 14.7. The molecule has 3 aromatic rings. The van der Waals surface area contributed by atoms with E-state index in [2.05, 4.69) is 15.6 Å². The largest absolute Gasteiger partial charge is 0.477 e. The van der Waals surface area contributed by atoms with E-state index in [0.717, 1.165) is 5.56 Å². The quantitative estimate of drug-likeness (QED) is 0.510. The van der Waals surface area contributed by atoms with Crippen molar-refractivity contribution in [3.8, 4) is 0 Å². The van der Waals surface area contributed by atoms with Gasteiger partial charge in [-0.25, -0.2) is 19.4 Å². The van der Waals surface area contributed by atoms with Crippen LogP contribution in [0, 0.1) is 0 Å². The number of nitrogens with zero attached hydrogens (tertiary/aromatic N) is 1. The fourth-order valence-corrected chi connectivity index (χ4v) is 2.61. The number of amides is 2. The van der Waals surface area contributed by atoms with Gasteiger partial charge in [0.1, 0.15) is 13.2 Å². The number of carbonyl (C=O) groups excluding carboxylic acids is 2. The van der Waals surface area contributed by atoms with Gasteiger partial charge in [0.05, 0.1) is 17.7 Å². The van der Waals surface area contributed by atoms with Gasteiger partial charge in [-0.15, -0.1) is 0 Å². The fourth-order valence-electron chi connectivity index (χ4n) is 2.61. The molecule has 0 fully saturated rings. The second kappa shape index (κ2) is 9.87. The van der Waals surface area contributed by atoms with E-state index in [0.29, 0.717) is 10.9 Å². The first-order valence-corrected chi connectivity index (χ1v) is 9.04. The van der Waals surface area contributed by atoms with Gasteiger partial charge >= 0.3 is 18.2 Å². The maximum atomic E-state index is 12.0. The molecule has 0 aliphatic rings. The average Bonchev–Trinajstić information content (AvgIpc) is 2.76. The molecule has 154 valence electrons. The summed E-state index contributed by atoms with van der Waals surface area (Å²) in [4.78, 5) is 39.0. The molecule has 9 nitrogen and oxygen atoms in total. The number of aromatic nitrogens is 1. The van der Waals surface area contributed by atoms with E-state index in [9.17, 15) is 19.5 Å². The Labute approximate surface area is 171 Å². The summed E-state index contributed by atoms with van der Waals surface area (Å²) in [7, 11) is 0. The summed E-state index contributed by atoms with van der Waals surface area (Å²) in [5.41, 5.74) is 1.34. The minimum absolute atomic E-state index is 0.0541. The highest BCUT2D eigenvalue weighted by Crippen LogP contribution is 2.23. The van der Waals surface area contributed by atoms with Crippen molar-refractivity contribution in [2.24, 2.45) is 0 Å². The summed E-state index contributed by atoms with van der Waals surface area (Å²) < 4.78 is 10.1.